The normalized spacial score (nSPS) is 15.1. The molecule has 0 bridgehead atoms. The summed E-state index contributed by atoms with van der Waals surface area (Å²) in [7, 11) is -2.30. The van der Waals surface area contributed by atoms with Crippen molar-refractivity contribution in [1.82, 2.24) is 4.31 Å². The summed E-state index contributed by atoms with van der Waals surface area (Å²) in [6, 6.07) is 4.83. The molecule has 0 atom stereocenters. The summed E-state index contributed by atoms with van der Waals surface area (Å²) in [6.07, 6.45) is 2.36. The van der Waals surface area contributed by atoms with Crippen molar-refractivity contribution in [2.24, 2.45) is 5.92 Å². The van der Waals surface area contributed by atoms with Crippen LogP contribution < -0.4 is 0 Å². The largest absolute Gasteiger partial charge is 0.380 e. The van der Waals surface area contributed by atoms with Crippen molar-refractivity contribution in [3.63, 3.8) is 0 Å². The second-order valence-electron chi connectivity index (χ2n) is 5.10. The van der Waals surface area contributed by atoms with Gasteiger partial charge in [0.2, 0.25) is 10.0 Å². The minimum Gasteiger partial charge on any atom is -0.380 e. The highest BCUT2D eigenvalue weighted by atomic mass is 32.2. The van der Waals surface area contributed by atoms with E-state index in [1.165, 1.54) is 19.9 Å². The molecule has 0 N–H and O–H groups in total. The molecule has 0 amide bonds. The Bertz CT molecular complexity index is 651. The number of hydrogen-bond acceptors (Lipinski definition) is 4. The molecule has 7 heteroatoms. The molecule has 0 aromatic heterocycles. The molecule has 0 aliphatic heterocycles. The van der Waals surface area contributed by atoms with Gasteiger partial charge in [-0.1, -0.05) is 0 Å². The zero-order valence-corrected chi connectivity index (χ0v) is 12.6. The first-order chi connectivity index (χ1) is 9.95. The number of rotatable bonds is 7. The molecular weight excluding hydrogens is 295 g/mol. The van der Waals surface area contributed by atoms with Crippen molar-refractivity contribution in [3.8, 4) is 6.07 Å². The van der Waals surface area contributed by atoms with E-state index in [-0.39, 0.29) is 17.0 Å². The van der Waals surface area contributed by atoms with Crippen molar-refractivity contribution < 1.29 is 17.5 Å². The van der Waals surface area contributed by atoms with E-state index in [0.717, 1.165) is 22.5 Å². The number of nitriles is 1. The first-order valence-corrected chi connectivity index (χ1v) is 8.13. The lowest BCUT2D eigenvalue weighted by Gasteiger charge is -2.17. The van der Waals surface area contributed by atoms with Crippen molar-refractivity contribution in [2.75, 3.05) is 26.8 Å². The van der Waals surface area contributed by atoms with Gasteiger partial charge in [-0.15, -0.1) is 0 Å². The van der Waals surface area contributed by atoms with Gasteiger partial charge in [0, 0.05) is 20.2 Å². The smallest absolute Gasteiger partial charge is 0.242 e. The zero-order valence-electron chi connectivity index (χ0n) is 11.8. The number of hydrogen-bond donors (Lipinski definition) is 0. The number of nitrogens with zero attached hydrogens (tertiary/aromatic N) is 2. The Hall–Kier alpha value is -1.49. The quantitative estimate of drug-likeness (QED) is 0.719. The predicted octanol–water partition coefficient (Wildman–Crippen LogP) is 1.74. The Kier molecular flexibility index (Phi) is 4.93. The fourth-order valence-corrected chi connectivity index (χ4v) is 2.96. The highest BCUT2D eigenvalue weighted by Gasteiger charge is 2.23. The van der Waals surface area contributed by atoms with Crippen molar-refractivity contribution >= 4 is 10.0 Å². The number of sulfonamides is 1. The molecule has 0 unspecified atom stereocenters. The van der Waals surface area contributed by atoms with Gasteiger partial charge in [0.05, 0.1) is 17.1 Å². The van der Waals surface area contributed by atoms with E-state index >= 15 is 0 Å². The van der Waals surface area contributed by atoms with E-state index in [2.05, 4.69) is 0 Å². The fourth-order valence-electron chi connectivity index (χ4n) is 1.78. The number of halogens is 1. The summed E-state index contributed by atoms with van der Waals surface area (Å²) in [4.78, 5) is -0.0925. The molecule has 0 saturated heterocycles. The van der Waals surface area contributed by atoms with Crippen LogP contribution >= 0.6 is 0 Å². The molecule has 0 heterocycles. The molecular formula is C14H17FN2O3S. The molecule has 114 valence electrons. The van der Waals surface area contributed by atoms with Gasteiger partial charge >= 0.3 is 0 Å². The van der Waals surface area contributed by atoms with Crippen LogP contribution in [-0.4, -0.2) is 39.5 Å². The van der Waals surface area contributed by atoms with E-state index in [1.54, 1.807) is 6.07 Å². The van der Waals surface area contributed by atoms with Gasteiger partial charge in [0.1, 0.15) is 11.9 Å². The molecule has 1 aromatic rings. The van der Waals surface area contributed by atoms with Gasteiger partial charge in [-0.25, -0.2) is 12.8 Å². The molecule has 0 spiro atoms. The number of benzene rings is 1. The molecule has 0 radical (unpaired) electrons. The summed E-state index contributed by atoms with van der Waals surface area (Å²) in [5, 5.41) is 8.76. The van der Waals surface area contributed by atoms with Crippen LogP contribution in [0.1, 0.15) is 18.4 Å². The molecule has 1 aliphatic carbocycles. The van der Waals surface area contributed by atoms with Crippen LogP contribution in [-0.2, 0) is 14.8 Å². The van der Waals surface area contributed by atoms with Gasteiger partial charge in [-0.2, -0.15) is 9.57 Å². The summed E-state index contributed by atoms with van der Waals surface area (Å²) < 4.78 is 44.4. The van der Waals surface area contributed by atoms with Gasteiger partial charge in [0.15, 0.2) is 0 Å². The first kappa shape index (κ1) is 15.9. The third-order valence-electron chi connectivity index (χ3n) is 3.37. The Morgan fingerprint density at radius 3 is 2.81 bits per heavy atom. The summed E-state index contributed by atoms with van der Waals surface area (Å²) >= 11 is 0. The average molecular weight is 312 g/mol. The third kappa shape index (κ3) is 4.00. The third-order valence-corrected chi connectivity index (χ3v) is 5.22. The first-order valence-electron chi connectivity index (χ1n) is 6.69. The summed E-state index contributed by atoms with van der Waals surface area (Å²) in [5.74, 6) is -0.103. The molecule has 5 nitrogen and oxygen atoms in total. The molecule has 1 aliphatic rings. The van der Waals surface area contributed by atoms with E-state index < -0.39 is 15.8 Å². The SMILES string of the molecule is CN(CCOCC1CC1)S(=O)(=O)c1ccc(F)c(C#N)c1. The van der Waals surface area contributed by atoms with Gasteiger partial charge < -0.3 is 4.74 Å². The fraction of sp³-hybridized carbons (Fsp3) is 0.500. The average Bonchev–Trinajstić information content (AvgIpc) is 3.27. The Balaban J connectivity index is 2.00. The van der Waals surface area contributed by atoms with Crippen LogP contribution in [0.2, 0.25) is 0 Å². The molecule has 1 saturated carbocycles. The maximum absolute atomic E-state index is 13.2. The van der Waals surface area contributed by atoms with Crippen LogP contribution in [0.3, 0.4) is 0 Å². The lowest BCUT2D eigenvalue weighted by atomic mass is 10.2. The van der Waals surface area contributed by atoms with Crippen molar-refractivity contribution in [2.45, 2.75) is 17.7 Å². The number of ether oxygens (including phenoxy) is 1. The van der Waals surface area contributed by atoms with Gasteiger partial charge in [-0.05, 0) is 37.0 Å². The molecule has 1 fully saturated rings. The minimum atomic E-state index is -3.74. The van der Waals surface area contributed by atoms with Gasteiger partial charge in [-0.3, -0.25) is 0 Å². The predicted molar refractivity (Wildman–Crippen MR) is 74.5 cm³/mol. The second kappa shape index (κ2) is 6.52. The Labute approximate surface area is 124 Å². The van der Waals surface area contributed by atoms with E-state index in [9.17, 15) is 12.8 Å². The Morgan fingerprint density at radius 2 is 2.19 bits per heavy atom. The zero-order chi connectivity index (χ0) is 15.5. The summed E-state index contributed by atoms with van der Waals surface area (Å²) in [5.41, 5.74) is -0.283. The lowest BCUT2D eigenvalue weighted by Crippen LogP contribution is -2.30. The van der Waals surface area contributed by atoms with E-state index in [4.69, 9.17) is 10.00 Å². The standard InChI is InChI=1S/C14H17FN2O3S/c1-17(6-7-20-10-11-2-3-11)21(18,19)13-4-5-14(15)12(8-13)9-16/h4-5,8,11H,2-3,6-7,10H2,1H3. The maximum atomic E-state index is 13.2. The van der Waals surface area contributed by atoms with Crippen molar-refractivity contribution in [3.05, 3.63) is 29.6 Å². The Morgan fingerprint density at radius 1 is 1.48 bits per heavy atom. The minimum absolute atomic E-state index is 0.0925. The lowest BCUT2D eigenvalue weighted by molar-refractivity contribution is 0.117. The van der Waals surface area contributed by atoms with E-state index in [1.807, 2.05) is 0 Å². The molecule has 2 rings (SSSR count). The van der Waals surface area contributed by atoms with Crippen LogP contribution in [0.25, 0.3) is 0 Å². The highest BCUT2D eigenvalue weighted by Crippen LogP contribution is 2.28. The highest BCUT2D eigenvalue weighted by molar-refractivity contribution is 7.89. The van der Waals surface area contributed by atoms with Crippen molar-refractivity contribution in [1.29, 1.82) is 5.26 Å². The van der Waals surface area contributed by atoms with Crippen LogP contribution in [0.4, 0.5) is 4.39 Å². The topological polar surface area (TPSA) is 70.4 Å². The molecule has 21 heavy (non-hydrogen) atoms. The molecule has 1 aromatic carbocycles. The van der Waals surface area contributed by atoms with Crippen LogP contribution in [0.5, 0.6) is 0 Å². The van der Waals surface area contributed by atoms with Crippen LogP contribution in [0, 0.1) is 23.1 Å². The number of likely N-dealkylation sites (N-methyl/N-ethyl adjacent to an activating group) is 1. The monoisotopic (exact) mass is 312 g/mol. The van der Waals surface area contributed by atoms with Gasteiger partial charge in [0.25, 0.3) is 0 Å². The maximum Gasteiger partial charge on any atom is 0.242 e. The second-order valence-corrected chi connectivity index (χ2v) is 7.14. The van der Waals surface area contributed by atoms with E-state index in [0.29, 0.717) is 19.1 Å². The summed E-state index contributed by atoms with van der Waals surface area (Å²) in [6.45, 7) is 1.20. The van der Waals surface area contributed by atoms with Crippen LogP contribution in [0.15, 0.2) is 23.1 Å².